The molecule has 0 saturated carbocycles. The normalized spacial score (nSPS) is 15.7. The first-order valence-corrected chi connectivity index (χ1v) is 8.79. The zero-order valence-electron chi connectivity index (χ0n) is 11.6. The van der Waals surface area contributed by atoms with Crippen LogP contribution in [-0.4, -0.2) is 25.0 Å². The topological polar surface area (TPSA) is 43.1 Å². The van der Waals surface area contributed by atoms with Gasteiger partial charge in [-0.05, 0) is 12.1 Å². The summed E-state index contributed by atoms with van der Waals surface area (Å²) in [5.74, 6) is 0.838. The molecule has 6 heteroatoms. The van der Waals surface area contributed by atoms with Gasteiger partial charge in [-0.25, -0.2) is 9.56 Å². The number of aromatic nitrogens is 3. The van der Waals surface area contributed by atoms with Crippen molar-refractivity contribution in [2.24, 2.45) is 4.99 Å². The van der Waals surface area contributed by atoms with Crippen LogP contribution in [0.2, 0.25) is 0 Å². The van der Waals surface area contributed by atoms with Gasteiger partial charge in [0.2, 0.25) is 0 Å². The number of rotatable bonds is 2. The Morgan fingerprint density at radius 1 is 0.864 bits per heavy atom. The highest BCUT2D eigenvalue weighted by Crippen LogP contribution is 2.34. The zero-order valence-corrected chi connectivity index (χ0v) is 13.2. The Morgan fingerprint density at radius 2 is 1.59 bits per heavy atom. The summed E-state index contributed by atoms with van der Waals surface area (Å²) in [6, 6.07) is 20.1. The molecule has 0 N–H and O–H groups in total. The minimum atomic E-state index is 0.838. The Balaban J connectivity index is 1.84. The second-order valence-electron chi connectivity index (χ2n) is 4.64. The van der Waals surface area contributed by atoms with Crippen molar-refractivity contribution in [2.45, 2.75) is 5.16 Å². The van der Waals surface area contributed by atoms with Crippen LogP contribution >= 0.6 is 23.5 Å². The molecule has 3 aromatic rings. The Kier molecular flexibility index (Phi) is 3.70. The summed E-state index contributed by atoms with van der Waals surface area (Å²) in [4.78, 5) is 4.77. The molecule has 0 unspecified atom stereocenters. The average Bonchev–Trinajstić information content (AvgIpc) is 3.02. The van der Waals surface area contributed by atoms with E-state index in [1.165, 1.54) is 0 Å². The molecule has 22 heavy (non-hydrogen) atoms. The summed E-state index contributed by atoms with van der Waals surface area (Å²) in [7, 11) is 0. The van der Waals surface area contributed by atoms with Crippen LogP contribution in [0.3, 0.4) is 0 Å². The maximum atomic E-state index is 4.77. The van der Waals surface area contributed by atoms with Gasteiger partial charge in [0.15, 0.2) is 16.1 Å². The van der Waals surface area contributed by atoms with Crippen LogP contribution in [0.4, 0.5) is 5.69 Å². The molecule has 2 heterocycles. The van der Waals surface area contributed by atoms with Gasteiger partial charge in [0.1, 0.15) is 0 Å². The lowest BCUT2D eigenvalue weighted by Gasteiger charge is -2.16. The SMILES string of the molecule is c1ccc(N=C2SCSc3nnc(-c4ccccc4)n32)cc1. The summed E-state index contributed by atoms with van der Waals surface area (Å²) in [6.45, 7) is 0. The van der Waals surface area contributed by atoms with Crippen LogP contribution in [0.15, 0.2) is 70.8 Å². The van der Waals surface area contributed by atoms with Gasteiger partial charge in [-0.3, -0.25) is 0 Å². The number of benzene rings is 2. The highest BCUT2D eigenvalue weighted by molar-refractivity contribution is 8.24. The highest BCUT2D eigenvalue weighted by Gasteiger charge is 2.23. The summed E-state index contributed by atoms with van der Waals surface area (Å²) >= 11 is 3.40. The zero-order chi connectivity index (χ0) is 14.8. The van der Waals surface area contributed by atoms with Gasteiger partial charge in [-0.1, -0.05) is 72.1 Å². The molecule has 108 valence electrons. The molecule has 0 atom stereocenters. The number of hydrogen-bond acceptors (Lipinski definition) is 5. The molecular formula is C16H12N4S2. The van der Waals surface area contributed by atoms with Crippen LogP contribution in [-0.2, 0) is 0 Å². The van der Waals surface area contributed by atoms with Crippen LogP contribution < -0.4 is 0 Å². The van der Waals surface area contributed by atoms with Crippen LogP contribution in [0.1, 0.15) is 0 Å². The summed E-state index contributed by atoms with van der Waals surface area (Å²) in [5, 5.41) is 11.4. The number of nitrogens with zero attached hydrogens (tertiary/aromatic N) is 4. The fraction of sp³-hybridized carbons (Fsp3) is 0.0625. The van der Waals surface area contributed by atoms with Crippen molar-refractivity contribution in [3.8, 4) is 11.4 Å². The molecule has 4 rings (SSSR count). The fourth-order valence-electron chi connectivity index (χ4n) is 2.20. The third-order valence-corrected chi connectivity index (χ3v) is 5.21. The standard InChI is InChI=1S/C16H12N4S2/c1-3-7-12(8-4-1)14-18-19-16-20(14)15(21-11-22-16)17-13-9-5-2-6-10-13/h1-10H,11H2. The largest absolute Gasteiger partial charge is 0.248 e. The number of para-hydroxylation sites is 1. The van der Waals surface area contributed by atoms with Gasteiger partial charge < -0.3 is 0 Å². The van der Waals surface area contributed by atoms with E-state index in [0.717, 1.165) is 32.5 Å². The summed E-state index contributed by atoms with van der Waals surface area (Å²) in [6.07, 6.45) is 0. The third-order valence-electron chi connectivity index (χ3n) is 3.21. The van der Waals surface area contributed by atoms with Crippen molar-refractivity contribution in [1.82, 2.24) is 14.8 Å². The van der Waals surface area contributed by atoms with Gasteiger partial charge >= 0.3 is 0 Å². The second-order valence-corrected chi connectivity index (χ2v) is 6.89. The van der Waals surface area contributed by atoms with E-state index in [-0.39, 0.29) is 0 Å². The van der Waals surface area contributed by atoms with E-state index in [0.29, 0.717) is 0 Å². The molecule has 0 radical (unpaired) electrons. The molecule has 0 aliphatic carbocycles. The first-order chi connectivity index (χ1) is 10.9. The van der Waals surface area contributed by atoms with E-state index in [1.807, 2.05) is 65.2 Å². The predicted molar refractivity (Wildman–Crippen MR) is 92.7 cm³/mol. The number of fused-ring (bicyclic) bond motifs is 1. The quantitative estimate of drug-likeness (QED) is 0.706. The van der Waals surface area contributed by atoms with Crippen LogP contribution in [0.5, 0.6) is 0 Å². The molecule has 4 nitrogen and oxygen atoms in total. The fourth-order valence-corrected chi connectivity index (χ4v) is 4.21. The van der Waals surface area contributed by atoms with Crippen molar-refractivity contribution < 1.29 is 0 Å². The molecule has 1 aliphatic rings. The van der Waals surface area contributed by atoms with Crippen molar-refractivity contribution in [1.29, 1.82) is 0 Å². The van der Waals surface area contributed by atoms with Crippen molar-refractivity contribution in [3.05, 3.63) is 60.7 Å². The molecule has 1 aliphatic heterocycles. The second kappa shape index (κ2) is 5.98. The lowest BCUT2D eigenvalue weighted by molar-refractivity contribution is 0.928. The first-order valence-electron chi connectivity index (χ1n) is 6.82. The van der Waals surface area contributed by atoms with Gasteiger partial charge in [0.25, 0.3) is 0 Å². The number of hydrogen-bond donors (Lipinski definition) is 0. The van der Waals surface area contributed by atoms with Crippen molar-refractivity contribution in [2.75, 3.05) is 5.08 Å². The van der Waals surface area contributed by atoms with Gasteiger partial charge in [-0.15, -0.1) is 10.2 Å². The Morgan fingerprint density at radius 3 is 2.36 bits per heavy atom. The molecule has 0 saturated heterocycles. The van der Waals surface area contributed by atoms with E-state index < -0.39 is 0 Å². The minimum Gasteiger partial charge on any atom is -0.248 e. The highest BCUT2D eigenvalue weighted by atomic mass is 32.2. The van der Waals surface area contributed by atoms with Crippen molar-refractivity contribution >= 4 is 34.4 Å². The monoisotopic (exact) mass is 324 g/mol. The van der Waals surface area contributed by atoms with E-state index in [4.69, 9.17) is 4.99 Å². The van der Waals surface area contributed by atoms with E-state index in [1.54, 1.807) is 23.5 Å². The van der Waals surface area contributed by atoms with Gasteiger partial charge in [0, 0.05) is 5.56 Å². The maximum Gasteiger partial charge on any atom is 0.198 e. The van der Waals surface area contributed by atoms with E-state index in [9.17, 15) is 0 Å². The molecule has 0 fully saturated rings. The lowest BCUT2D eigenvalue weighted by atomic mass is 10.2. The Hall–Kier alpha value is -2.05. The first kappa shape index (κ1) is 13.6. The molecule has 0 amide bonds. The molecule has 2 aromatic carbocycles. The van der Waals surface area contributed by atoms with Crippen LogP contribution in [0.25, 0.3) is 11.4 Å². The summed E-state index contributed by atoms with van der Waals surface area (Å²) < 4.78 is 2.04. The minimum absolute atomic E-state index is 0.838. The van der Waals surface area contributed by atoms with Crippen molar-refractivity contribution in [3.63, 3.8) is 0 Å². The predicted octanol–water partition coefficient (Wildman–Crippen LogP) is 4.28. The summed E-state index contributed by atoms with van der Waals surface area (Å²) in [5.41, 5.74) is 1.99. The number of aliphatic imine (C=N–C) groups is 1. The Bertz CT molecular complexity index is 813. The lowest BCUT2D eigenvalue weighted by Crippen LogP contribution is -2.14. The van der Waals surface area contributed by atoms with E-state index in [2.05, 4.69) is 10.2 Å². The van der Waals surface area contributed by atoms with Gasteiger partial charge in [-0.2, -0.15) is 0 Å². The average molecular weight is 324 g/mol. The van der Waals surface area contributed by atoms with Gasteiger partial charge in [0.05, 0.1) is 10.8 Å². The number of thioether (sulfide) groups is 2. The third kappa shape index (κ3) is 2.55. The molecule has 0 spiro atoms. The maximum absolute atomic E-state index is 4.77. The van der Waals surface area contributed by atoms with E-state index >= 15 is 0 Å². The smallest absolute Gasteiger partial charge is 0.198 e. The molecular weight excluding hydrogens is 312 g/mol. The van der Waals surface area contributed by atoms with Crippen LogP contribution in [0, 0.1) is 0 Å². The Labute approximate surface area is 136 Å². The molecule has 0 bridgehead atoms. The molecule has 1 aromatic heterocycles.